The van der Waals surface area contributed by atoms with Crippen LogP contribution in [-0.2, 0) is 24.3 Å². The van der Waals surface area contributed by atoms with E-state index in [2.05, 4.69) is 17.0 Å². The van der Waals surface area contributed by atoms with Crippen LogP contribution >= 0.6 is 11.6 Å². The molecule has 2 aliphatic rings. The van der Waals surface area contributed by atoms with Crippen molar-refractivity contribution in [1.82, 2.24) is 9.80 Å². The third-order valence-electron chi connectivity index (χ3n) is 5.46. The number of hydrogen-bond acceptors (Lipinski definition) is 3. The summed E-state index contributed by atoms with van der Waals surface area (Å²) < 4.78 is 0. The Bertz CT molecular complexity index is 817. The Morgan fingerprint density at radius 3 is 2.62 bits per heavy atom. The van der Waals surface area contributed by atoms with Gasteiger partial charge in [-0.3, -0.25) is 9.69 Å². The molecular formula is C21H23ClN2O2. The molecule has 0 aromatic heterocycles. The number of likely N-dealkylation sites (tertiary alicyclic amines) is 1. The molecule has 5 heteroatoms. The Labute approximate surface area is 159 Å². The van der Waals surface area contributed by atoms with E-state index in [1.54, 1.807) is 18.2 Å². The first-order chi connectivity index (χ1) is 12.6. The van der Waals surface area contributed by atoms with Crippen molar-refractivity contribution in [3.05, 3.63) is 64.2 Å². The second-order valence-corrected chi connectivity index (χ2v) is 7.64. The first-order valence-corrected chi connectivity index (χ1v) is 9.56. The highest BCUT2D eigenvalue weighted by molar-refractivity contribution is 6.30. The van der Waals surface area contributed by atoms with Crippen LogP contribution in [0.3, 0.4) is 0 Å². The SMILES string of the molecule is O=C(C1Cc2ccccc2CN1Cc1cc(Cl)ccc1O)N1CCCC1. The molecule has 2 heterocycles. The Morgan fingerprint density at radius 2 is 1.85 bits per heavy atom. The number of phenols is 1. The highest BCUT2D eigenvalue weighted by Gasteiger charge is 2.35. The summed E-state index contributed by atoms with van der Waals surface area (Å²) in [6.45, 7) is 2.91. The Hall–Kier alpha value is -2.04. The van der Waals surface area contributed by atoms with Gasteiger partial charge in [0, 0.05) is 36.8 Å². The predicted molar refractivity (Wildman–Crippen MR) is 102 cm³/mol. The monoisotopic (exact) mass is 370 g/mol. The molecule has 26 heavy (non-hydrogen) atoms. The van der Waals surface area contributed by atoms with E-state index in [0.29, 0.717) is 24.5 Å². The van der Waals surface area contributed by atoms with Crippen molar-refractivity contribution >= 4 is 17.5 Å². The second-order valence-electron chi connectivity index (χ2n) is 7.20. The van der Waals surface area contributed by atoms with Crippen LogP contribution in [0.25, 0.3) is 0 Å². The molecule has 0 aliphatic carbocycles. The topological polar surface area (TPSA) is 43.8 Å². The summed E-state index contributed by atoms with van der Waals surface area (Å²) in [4.78, 5) is 17.3. The molecule has 0 spiro atoms. The van der Waals surface area contributed by atoms with E-state index in [-0.39, 0.29) is 17.7 Å². The van der Waals surface area contributed by atoms with Crippen LogP contribution in [0.15, 0.2) is 42.5 Å². The summed E-state index contributed by atoms with van der Waals surface area (Å²) in [6.07, 6.45) is 2.89. The van der Waals surface area contributed by atoms with Crippen LogP contribution in [0.4, 0.5) is 0 Å². The Kier molecular flexibility index (Phi) is 4.88. The minimum atomic E-state index is -0.193. The van der Waals surface area contributed by atoms with Gasteiger partial charge in [-0.2, -0.15) is 0 Å². The maximum Gasteiger partial charge on any atom is 0.240 e. The van der Waals surface area contributed by atoms with Gasteiger partial charge >= 0.3 is 0 Å². The highest BCUT2D eigenvalue weighted by atomic mass is 35.5. The minimum absolute atomic E-state index is 0.193. The van der Waals surface area contributed by atoms with E-state index in [9.17, 15) is 9.90 Å². The van der Waals surface area contributed by atoms with Crippen LogP contribution in [-0.4, -0.2) is 39.9 Å². The molecule has 136 valence electrons. The Morgan fingerprint density at radius 1 is 1.12 bits per heavy atom. The number of carbonyl (C=O) groups is 1. The molecule has 4 rings (SSSR count). The van der Waals surface area contributed by atoms with Crippen LogP contribution in [0.5, 0.6) is 5.75 Å². The summed E-state index contributed by atoms with van der Waals surface area (Å²) in [6, 6.07) is 13.2. The quantitative estimate of drug-likeness (QED) is 0.897. The van der Waals surface area contributed by atoms with Gasteiger partial charge in [-0.25, -0.2) is 0 Å². The van der Waals surface area contributed by atoms with E-state index < -0.39 is 0 Å². The molecule has 2 aromatic carbocycles. The van der Waals surface area contributed by atoms with E-state index >= 15 is 0 Å². The highest BCUT2D eigenvalue weighted by Crippen LogP contribution is 2.30. The number of nitrogens with zero attached hydrogens (tertiary/aromatic N) is 2. The minimum Gasteiger partial charge on any atom is -0.508 e. The van der Waals surface area contributed by atoms with Crippen molar-refractivity contribution in [1.29, 1.82) is 0 Å². The van der Waals surface area contributed by atoms with Gasteiger partial charge in [0.2, 0.25) is 5.91 Å². The summed E-state index contributed by atoms with van der Waals surface area (Å²) in [7, 11) is 0. The Balaban J connectivity index is 1.64. The molecule has 1 atom stereocenters. The van der Waals surface area contributed by atoms with E-state index in [1.165, 1.54) is 11.1 Å². The standard InChI is InChI=1S/C21H23ClN2O2/c22-18-7-8-20(25)17(11-18)14-24-13-16-6-2-1-5-15(16)12-19(24)21(26)23-9-3-4-10-23/h1-2,5-8,11,19,25H,3-4,9-10,12-14H2. The van der Waals surface area contributed by atoms with Gasteiger partial charge in [-0.05, 0) is 48.6 Å². The number of hydrogen-bond donors (Lipinski definition) is 1. The van der Waals surface area contributed by atoms with Gasteiger partial charge in [0.25, 0.3) is 0 Å². The zero-order valence-corrected chi connectivity index (χ0v) is 15.5. The molecule has 0 saturated carbocycles. The van der Waals surface area contributed by atoms with Crippen LogP contribution in [0.1, 0.15) is 29.5 Å². The van der Waals surface area contributed by atoms with Crippen LogP contribution < -0.4 is 0 Å². The molecule has 1 unspecified atom stereocenters. The fraction of sp³-hybridized carbons (Fsp3) is 0.381. The number of phenolic OH excluding ortho intramolecular Hbond substituents is 1. The first-order valence-electron chi connectivity index (χ1n) is 9.19. The lowest BCUT2D eigenvalue weighted by Crippen LogP contribution is -2.50. The third kappa shape index (κ3) is 3.44. The van der Waals surface area contributed by atoms with Crippen molar-refractivity contribution in [2.75, 3.05) is 13.1 Å². The summed E-state index contributed by atoms with van der Waals surface area (Å²) in [5, 5.41) is 10.8. The molecule has 1 amide bonds. The lowest BCUT2D eigenvalue weighted by atomic mass is 9.92. The molecular weight excluding hydrogens is 348 g/mol. The summed E-state index contributed by atoms with van der Waals surface area (Å²) in [5.74, 6) is 0.430. The van der Waals surface area contributed by atoms with Crippen LogP contribution in [0.2, 0.25) is 5.02 Å². The first kappa shape index (κ1) is 17.4. The predicted octanol–water partition coefficient (Wildman–Crippen LogP) is 3.59. The normalized spacial score (nSPS) is 20.2. The van der Waals surface area contributed by atoms with Gasteiger partial charge in [-0.15, -0.1) is 0 Å². The van der Waals surface area contributed by atoms with Gasteiger partial charge in [0.1, 0.15) is 5.75 Å². The maximum absolute atomic E-state index is 13.2. The smallest absolute Gasteiger partial charge is 0.240 e. The number of amides is 1. The maximum atomic E-state index is 13.2. The van der Waals surface area contributed by atoms with Crippen molar-refractivity contribution in [2.45, 2.75) is 38.4 Å². The van der Waals surface area contributed by atoms with Gasteiger partial charge in [0.05, 0.1) is 6.04 Å². The van der Waals surface area contributed by atoms with E-state index in [1.807, 2.05) is 17.0 Å². The lowest BCUT2D eigenvalue weighted by Gasteiger charge is -2.38. The number of benzene rings is 2. The van der Waals surface area contributed by atoms with Crippen molar-refractivity contribution in [3.63, 3.8) is 0 Å². The average Bonchev–Trinajstić information content (AvgIpc) is 3.18. The molecule has 1 N–H and O–H groups in total. The number of rotatable bonds is 3. The summed E-state index contributed by atoms with van der Waals surface area (Å²) >= 11 is 6.11. The molecule has 2 aromatic rings. The summed E-state index contributed by atoms with van der Waals surface area (Å²) in [5.41, 5.74) is 3.26. The van der Waals surface area contributed by atoms with Gasteiger partial charge < -0.3 is 10.0 Å². The fourth-order valence-electron chi connectivity index (χ4n) is 4.03. The third-order valence-corrected chi connectivity index (χ3v) is 5.70. The lowest BCUT2D eigenvalue weighted by molar-refractivity contribution is -0.136. The molecule has 1 fully saturated rings. The number of carbonyl (C=O) groups excluding carboxylic acids is 1. The average molecular weight is 371 g/mol. The van der Waals surface area contributed by atoms with E-state index in [4.69, 9.17) is 11.6 Å². The molecule has 2 aliphatic heterocycles. The zero-order chi connectivity index (χ0) is 18.1. The molecule has 4 nitrogen and oxygen atoms in total. The van der Waals surface area contributed by atoms with Crippen molar-refractivity contribution < 1.29 is 9.90 Å². The van der Waals surface area contributed by atoms with Crippen molar-refractivity contribution in [2.24, 2.45) is 0 Å². The van der Waals surface area contributed by atoms with E-state index in [0.717, 1.165) is 31.5 Å². The largest absolute Gasteiger partial charge is 0.508 e. The number of fused-ring (bicyclic) bond motifs is 1. The molecule has 0 radical (unpaired) electrons. The number of aromatic hydroxyl groups is 1. The molecule has 1 saturated heterocycles. The van der Waals surface area contributed by atoms with Gasteiger partial charge in [-0.1, -0.05) is 35.9 Å². The fourth-order valence-corrected chi connectivity index (χ4v) is 4.23. The van der Waals surface area contributed by atoms with Crippen LogP contribution in [0, 0.1) is 0 Å². The second kappa shape index (κ2) is 7.29. The molecule has 0 bridgehead atoms. The zero-order valence-electron chi connectivity index (χ0n) is 14.7. The van der Waals surface area contributed by atoms with Gasteiger partial charge in [0.15, 0.2) is 0 Å². The number of halogens is 1. The van der Waals surface area contributed by atoms with Crippen molar-refractivity contribution in [3.8, 4) is 5.75 Å².